The van der Waals surface area contributed by atoms with Crippen LogP contribution in [0.25, 0.3) is 21.9 Å². The van der Waals surface area contributed by atoms with Gasteiger partial charge in [0.2, 0.25) is 0 Å². The van der Waals surface area contributed by atoms with E-state index < -0.39 is 17.6 Å². The second kappa shape index (κ2) is 11.6. The lowest BCUT2D eigenvalue weighted by Crippen LogP contribution is -2.28. The number of nitrogens with one attached hydrogen (secondary N) is 2. The van der Waals surface area contributed by atoms with Crippen molar-refractivity contribution in [2.24, 2.45) is 0 Å². The Morgan fingerprint density at radius 1 is 1.10 bits per heavy atom. The van der Waals surface area contributed by atoms with Crippen LogP contribution in [0.3, 0.4) is 0 Å². The molecule has 1 aliphatic rings. The highest BCUT2D eigenvalue weighted by atomic mass is 35.5. The Labute approximate surface area is 241 Å². The van der Waals surface area contributed by atoms with Crippen molar-refractivity contribution in [1.82, 2.24) is 24.8 Å². The van der Waals surface area contributed by atoms with E-state index in [4.69, 9.17) is 32.7 Å². The Morgan fingerprint density at radius 2 is 1.88 bits per heavy atom. The smallest absolute Gasteiger partial charge is 0.332 e. The van der Waals surface area contributed by atoms with Gasteiger partial charge in [0.25, 0.3) is 5.91 Å². The summed E-state index contributed by atoms with van der Waals surface area (Å²) >= 11 is 12.8. The molecule has 1 saturated heterocycles. The molecule has 2 aromatic carbocycles. The molecular formula is C28H30Cl2N6O4. The topological polar surface area (TPSA) is 122 Å². The van der Waals surface area contributed by atoms with Crippen LogP contribution in [0.2, 0.25) is 10.0 Å². The van der Waals surface area contributed by atoms with Crippen molar-refractivity contribution in [1.29, 1.82) is 0 Å². The second-order valence-corrected chi connectivity index (χ2v) is 11.5. The minimum atomic E-state index is -0.621. The highest BCUT2D eigenvalue weighted by Gasteiger charge is 2.24. The van der Waals surface area contributed by atoms with Crippen LogP contribution < -0.4 is 5.32 Å². The standard InChI is InChI=1S/C28H30Cl2N6O4/c1-28(2,3)40-24(37)14-39-13-23(26-33-20-7-6-16(29)10-22(20)34-26)35-25-18-11-19(30)17(12-21(18)31-15-32-25)27(38)36-8-4-5-9-36/h6-7,10-12,15,23H,4-5,8-9,13-14H2,1-3H3,(H,33,34)(H,31,32,35)/t23-/m0/s1. The third-order valence-corrected chi connectivity index (χ3v) is 6.92. The van der Waals surface area contributed by atoms with Crippen LogP contribution in [0.1, 0.15) is 55.8 Å². The molecule has 2 N–H and O–H groups in total. The molecule has 0 aliphatic carbocycles. The van der Waals surface area contributed by atoms with E-state index in [1.807, 2.05) is 6.07 Å². The van der Waals surface area contributed by atoms with Crippen molar-refractivity contribution in [3.63, 3.8) is 0 Å². The Morgan fingerprint density at radius 3 is 2.62 bits per heavy atom. The Kier molecular flexibility index (Phi) is 8.11. The Balaban J connectivity index is 1.43. The fraction of sp³-hybridized carbons (Fsp3) is 0.393. The van der Waals surface area contributed by atoms with Gasteiger partial charge in [0.05, 0.1) is 33.7 Å². The molecule has 210 valence electrons. The van der Waals surface area contributed by atoms with Gasteiger partial charge >= 0.3 is 5.97 Å². The summed E-state index contributed by atoms with van der Waals surface area (Å²) in [6.07, 6.45) is 3.39. The number of hydrogen-bond acceptors (Lipinski definition) is 8. The van der Waals surface area contributed by atoms with E-state index in [2.05, 4.69) is 25.3 Å². The van der Waals surface area contributed by atoms with E-state index >= 15 is 0 Å². The first kappa shape index (κ1) is 28.1. The summed E-state index contributed by atoms with van der Waals surface area (Å²) in [5, 5.41) is 4.86. The van der Waals surface area contributed by atoms with Gasteiger partial charge in [-0.25, -0.2) is 19.7 Å². The van der Waals surface area contributed by atoms with Gasteiger partial charge in [-0.1, -0.05) is 23.2 Å². The van der Waals surface area contributed by atoms with Gasteiger partial charge in [0.15, 0.2) is 0 Å². The maximum Gasteiger partial charge on any atom is 0.332 e. The average Bonchev–Trinajstić information content (AvgIpc) is 3.57. The number of nitrogens with zero attached hydrogens (tertiary/aromatic N) is 4. The Hall–Kier alpha value is -3.47. The number of carbonyl (C=O) groups is 2. The van der Waals surface area contributed by atoms with Crippen LogP contribution in [0.15, 0.2) is 36.7 Å². The van der Waals surface area contributed by atoms with E-state index in [9.17, 15) is 9.59 Å². The number of aromatic nitrogens is 4. The maximum absolute atomic E-state index is 13.0. The fourth-order valence-corrected chi connectivity index (χ4v) is 5.01. The van der Waals surface area contributed by atoms with Gasteiger partial charge in [0.1, 0.15) is 36.2 Å². The molecular weight excluding hydrogens is 555 g/mol. The number of amides is 1. The number of imidazole rings is 1. The van der Waals surface area contributed by atoms with Crippen LogP contribution in [0.4, 0.5) is 5.82 Å². The summed E-state index contributed by atoms with van der Waals surface area (Å²) in [6.45, 7) is 6.66. The number of carbonyl (C=O) groups excluding carboxylic acids is 2. The summed E-state index contributed by atoms with van der Waals surface area (Å²) < 4.78 is 11.1. The Bertz CT molecular complexity index is 1560. The van der Waals surface area contributed by atoms with Crippen LogP contribution >= 0.6 is 23.2 Å². The SMILES string of the molecule is CC(C)(C)OC(=O)COC[C@H](Nc1ncnc2cc(C(=O)N3CCCC3)c(Cl)cc12)c1nc2cc(Cl)ccc2[nH]1. The lowest BCUT2D eigenvalue weighted by molar-refractivity contribution is -0.160. The molecule has 0 saturated carbocycles. The first-order chi connectivity index (χ1) is 19.1. The number of anilines is 1. The van der Waals surface area contributed by atoms with Gasteiger partial charge in [-0.2, -0.15) is 0 Å². The molecule has 40 heavy (non-hydrogen) atoms. The minimum absolute atomic E-state index is 0.0670. The van der Waals surface area contributed by atoms with Gasteiger partial charge < -0.3 is 24.7 Å². The number of halogens is 2. The minimum Gasteiger partial charge on any atom is -0.458 e. The molecule has 1 aliphatic heterocycles. The van der Waals surface area contributed by atoms with Crippen LogP contribution in [-0.4, -0.2) is 68.6 Å². The summed E-state index contributed by atoms with van der Waals surface area (Å²) in [5.41, 5.74) is 1.83. The highest BCUT2D eigenvalue weighted by molar-refractivity contribution is 6.35. The average molecular weight is 585 g/mol. The summed E-state index contributed by atoms with van der Waals surface area (Å²) in [5.74, 6) is 0.445. The number of ether oxygens (including phenoxy) is 2. The molecule has 5 rings (SSSR count). The van der Waals surface area contributed by atoms with Crippen molar-refractivity contribution < 1.29 is 19.1 Å². The number of hydrogen-bond donors (Lipinski definition) is 2. The molecule has 12 heteroatoms. The molecule has 0 bridgehead atoms. The molecule has 1 fully saturated rings. The molecule has 1 amide bonds. The molecule has 1 atom stereocenters. The number of H-pyrrole nitrogens is 1. The highest BCUT2D eigenvalue weighted by Crippen LogP contribution is 2.31. The molecule has 0 radical (unpaired) electrons. The number of aromatic amines is 1. The van der Waals surface area contributed by atoms with E-state index in [0.29, 0.717) is 43.7 Å². The number of esters is 1. The third-order valence-electron chi connectivity index (χ3n) is 6.38. The van der Waals surface area contributed by atoms with E-state index in [1.54, 1.807) is 49.9 Å². The molecule has 0 unspecified atom stereocenters. The zero-order chi connectivity index (χ0) is 28.4. The third kappa shape index (κ3) is 6.46. The van der Waals surface area contributed by atoms with Crippen LogP contribution in [0.5, 0.6) is 0 Å². The molecule has 10 nitrogen and oxygen atoms in total. The van der Waals surface area contributed by atoms with Crippen molar-refractivity contribution in [2.75, 3.05) is 31.6 Å². The van der Waals surface area contributed by atoms with E-state index in [-0.39, 0.29) is 19.1 Å². The first-order valence-electron chi connectivity index (χ1n) is 13.0. The van der Waals surface area contributed by atoms with Gasteiger partial charge in [-0.3, -0.25) is 4.79 Å². The monoisotopic (exact) mass is 584 g/mol. The molecule has 0 spiro atoms. The normalized spacial score (nSPS) is 14.6. The van der Waals surface area contributed by atoms with Crippen molar-refractivity contribution in [2.45, 2.75) is 45.3 Å². The fourth-order valence-electron chi connectivity index (χ4n) is 4.59. The molecule has 4 aromatic rings. The maximum atomic E-state index is 13.0. The van der Waals surface area contributed by atoms with Crippen molar-refractivity contribution >= 4 is 62.8 Å². The summed E-state index contributed by atoms with van der Waals surface area (Å²) in [6, 6.07) is 8.21. The second-order valence-electron chi connectivity index (χ2n) is 10.7. The predicted octanol–water partition coefficient (Wildman–Crippen LogP) is 5.56. The number of fused-ring (bicyclic) bond motifs is 2. The molecule has 3 heterocycles. The van der Waals surface area contributed by atoms with Crippen molar-refractivity contribution in [3.8, 4) is 0 Å². The zero-order valence-electron chi connectivity index (χ0n) is 22.5. The van der Waals surface area contributed by atoms with Crippen molar-refractivity contribution in [3.05, 3.63) is 58.1 Å². The van der Waals surface area contributed by atoms with Gasteiger partial charge in [0, 0.05) is 23.5 Å². The summed E-state index contributed by atoms with van der Waals surface area (Å²) in [4.78, 5) is 43.9. The zero-order valence-corrected chi connectivity index (χ0v) is 24.0. The number of likely N-dealkylation sites (tertiary alicyclic amines) is 1. The largest absolute Gasteiger partial charge is 0.458 e. The van der Waals surface area contributed by atoms with Gasteiger partial charge in [-0.05, 0) is 63.9 Å². The van der Waals surface area contributed by atoms with E-state index in [1.165, 1.54) is 6.33 Å². The quantitative estimate of drug-likeness (QED) is 0.258. The predicted molar refractivity (Wildman–Crippen MR) is 154 cm³/mol. The summed E-state index contributed by atoms with van der Waals surface area (Å²) in [7, 11) is 0. The number of benzene rings is 2. The van der Waals surface area contributed by atoms with Crippen LogP contribution in [0, 0.1) is 0 Å². The lowest BCUT2D eigenvalue weighted by Gasteiger charge is -2.21. The first-order valence-corrected chi connectivity index (χ1v) is 13.8. The van der Waals surface area contributed by atoms with Gasteiger partial charge in [-0.15, -0.1) is 0 Å². The van der Waals surface area contributed by atoms with E-state index in [0.717, 1.165) is 31.4 Å². The number of rotatable bonds is 8. The molecule has 2 aromatic heterocycles. The van der Waals surface area contributed by atoms with Crippen LogP contribution in [-0.2, 0) is 14.3 Å². The lowest BCUT2D eigenvalue weighted by atomic mass is 10.1.